The number of aldehydes is 1. The van der Waals surface area contributed by atoms with E-state index in [1.807, 2.05) is 0 Å². The number of nitrogens with two attached hydrogens (primary N) is 2. The molecule has 0 aromatic carbocycles. The van der Waals surface area contributed by atoms with Crippen molar-refractivity contribution in [2.75, 3.05) is 6.54 Å². The number of ketones is 1. The summed E-state index contributed by atoms with van der Waals surface area (Å²) in [5, 5.41) is 0. The lowest BCUT2D eigenvalue weighted by molar-refractivity contribution is -0.122. The Kier molecular flexibility index (Phi) is 2.98. The summed E-state index contributed by atoms with van der Waals surface area (Å²) in [7, 11) is 0. The van der Waals surface area contributed by atoms with Gasteiger partial charge in [-0.25, -0.2) is 0 Å². The van der Waals surface area contributed by atoms with Crippen LogP contribution in [0.3, 0.4) is 0 Å². The number of hydrogen-bond acceptors (Lipinski definition) is 4. The number of carbonyl (C=O) groups is 2. The van der Waals surface area contributed by atoms with Gasteiger partial charge in [0.15, 0.2) is 5.78 Å². The number of rotatable bonds is 3. The van der Waals surface area contributed by atoms with Gasteiger partial charge in [-0.3, -0.25) is 4.79 Å². The predicted octanol–water partition coefficient (Wildman–Crippen LogP) is -1.96. The maximum absolute atomic E-state index is 10.3. The zero-order valence-electron chi connectivity index (χ0n) is 4.33. The molecule has 46 valence electrons. The fourth-order valence-electron chi connectivity index (χ4n) is 0.212. The van der Waals surface area contributed by atoms with Crippen molar-refractivity contribution in [1.82, 2.24) is 0 Å². The van der Waals surface area contributed by atoms with E-state index in [-0.39, 0.29) is 6.54 Å². The SMILES string of the molecule is NCC(=O)C(N)C=O. The Morgan fingerprint density at radius 3 is 2.38 bits per heavy atom. The summed E-state index contributed by atoms with van der Waals surface area (Å²) in [5.74, 6) is -0.431. The second-order valence-electron chi connectivity index (χ2n) is 1.33. The number of hydrogen-bond donors (Lipinski definition) is 2. The molecule has 4 heteroatoms. The van der Waals surface area contributed by atoms with Crippen LogP contribution in [0.15, 0.2) is 0 Å². The van der Waals surface area contributed by atoms with E-state index in [0.29, 0.717) is 6.29 Å². The summed E-state index contributed by atoms with van der Waals surface area (Å²) in [4.78, 5) is 20.0. The third kappa shape index (κ3) is 1.81. The van der Waals surface area contributed by atoms with E-state index in [1.54, 1.807) is 0 Å². The molecule has 1 atom stereocenters. The van der Waals surface area contributed by atoms with Crippen molar-refractivity contribution in [2.45, 2.75) is 6.04 Å². The highest BCUT2D eigenvalue weighted by Crippen LogP contribution is 1.70. The third-order valence-corrected chi connectivity index (χ3v) is 0.720. The molecule has 8 heavy (non-hydrogen) atoms. The highest BCUT2D eigenvalue weighted by Gasteiger charge is 2.07. The summed E-state index contributed by atoms with van der Waals surface area (Å²) in [5.41, 5.74) is 9.79. The van der Waals surface area contributed by atoms with Crippen LogP contribution in [-0.2, 0) is 9.59 Å². The van der Waals surface area contributed by atoms with Crippen LogP contribution in [0, 0.1) is 0 Å². The first-order valence-electron chi connectivity index (χ1n) is 2.16. The molecule has 0 aromatic heterocycles. The molecule has 0 bridgehead atoms. The minimum Gasteiger partial charge on any atom is -0.324 e. The van der Waals surface area contributed by atoms with E-state index >= 15 is 0 Å². The zero-order chi connectivity index (χ0) is 6.57. The lowest BCUT2D eigenvalue weighted by Gasteiger charge is -1.95. The van der Waals surface area contributed by atoms with E-state index in [0.717, 1.165) is 0 Å². The minimum absolute atomic E-state index is 0.167. The Morgan fingerprint density at radius 2 is 2.25 bits per heavy atom. The zero-order valence-corrected chi connectivity index (χ0v) is 4.33. The molecule has 0 saturated heterocycles. The average molecular weight is 116 g/mol. The predicted molar refractivity (Wildman–Crippen MR) is 28.1 cm³/mol. The maximum Gasteiger partial charge on any atom is 0.170 e. The van der Waals surface area contributed by atoms with Crippen molar-refractivity contribution < 1.29 is 9.59 Å². The van der Waals surface area contributed by atoms with Crippen molar-refractivity contribution in [3.63, 3.8) is 0 Å². The molecule has 0 rings (SSSR count). The molecular formula is C4H8N2O2. The van der Waals surface area contributed by atoms with Crippen LogP contribution in [0.2, 0.25) is 0 Å². The summed E-state index contributed by atoms with van der Waals surface area (Å²) in [6.45, 7) is -0.167. The Hall–Kier alpha value is -0.740. The minimum atomic E-state index is -1.03. The molecule has 0 saturated carbocycles. The van der Waals surface area contributed by atoms with E-state index in [2.05, 4.69) is 0 Å². The second kappa shape index (κ2) is 3.29. The van der Waals surface area contributed by atoms with Crippen LogP contribution in [-0.4, -0.2) is 24.7 Å². The van der Waals surface area contributed by atoms with E-state index in [1.165, 1.54) is 0 Å². The van der Waals surface area contributed by atoms with Gasteiger partial charge in [0.05, 0.1) is 6.54 Å². The van der Waals surface area contributed by atoms with Crippen molar-refractivity contribution in [1.29, 1.82) is 0 Å². The fourth-order valence-corrected chi connectivity index (χ4v) is 0.212. The first-order chi connectivity index (χ1) is 3.72. The molecule has 0 aliphatic heterocycles. The molecule has 0 amide bonds. The lowest BCUT2D eigenvalue weighted by Crippen LogP contribution is -2.36. The average Bonchev–Trinajstić information content (AvgIpc) is 1.84. The van der Waals surface area contributed by atoms with Gasteiger partial charge >= 0.3 is 0 Å². The molecule has 0 aromatic rings. The number of Topliss-reactive ketones (excluding diaryl/α,β-unsaturated/α-hetero) is 1. The summed E-state index contributed by atoms with van der Waals surface area (Å²) >= 11 is 0. The van der Waals surface area contributed by atoms with Gasteiger partial charge in [-0.05, 0) is 0 Å². The van der Waals surface area contributed by atoms with Crippen LogP contribution in [0.4, 0.5) is 0 Å². The van der Waals surface area contributed by atoms with E-state index in [4.69, 9.17) is 11.5 Å². The molecule has 4 nitrogen and oxygen atoms in total. The fraction of sp³-hybridized carbons (Fsp3) is 0.500. The van der Waals surface area contributed by atoms with Crippen LogP contribution in [0.25, 0.3) is 0 Å². The van der Waals surface area contributed by atoms with Gasteiger partial charge in [0.2, 0.25) is 0 Å². The second-order valence-corrected chi connectivity index (χ2v) is 1.33. The molecule has 0 fully saturated rings. The van der Waals surface area contributed by atoms with E-state index in [9.17, 15) is 9.59 Å². The maximum atomic E-state index is 10.3. The van der Waals surface area contributed by atoms with Gasteiger partial charge in [-0.2, -0.15) is 0 Å². The van der Waals surface area contributed by atoms with Crippen molar-refractivity contribution >= 4 is 12.1 Å². The van der Waals surface area contributed by atoms with Crippen molar-refractivity contribution in [3.05, 3.63) is 0 Å². The third-order valence-electron chi connectivity index (χ3n) is 0.720. The largest absolute Gasteiger partial charge is 0.324 e. The first-order valence-corrected chi connectivity index (χ1v) is 2.16. The Balaban J connectivity index is 3.62. The van der Waals surface area contributed by atoms with Gasteiger partial charge in [0.25, 0.3) is 0 Å². The Labute approximate surface area is 46.8 Å². The first kappa shape index (κ1) is 7.26. The monoisotopic (exact) mass is 116 g/mol. The Morgan fingerprint density at radius 1 is 1.75 bits per heavy atom. The summed E-state index contributed by atoms with van der Waals surface area (Å²) in [6, 6.07) is -1.03. The number of carbonyl (C=O) groups excluding carboxylic acids is 2. The quantitative estimate of drug-likeness (QED) is 0.331. The van der Waals surface area contributed by atoms with Gasteiger partial charge < -0.3 is 16.3 Å². The molecule has 0 aliphatic rings. The van der Waals surface area contributed by atoms with Gasteiger partial charge in [-0.1, -0.05) is 0 Å². The van der Waals surface area contributed by atoms with Crippen molar-refractivity contribution in [2.24, 2.45) is 11.5 Å². The van der Waals surface area contributed by atoms with Gasteiger partial charge in [0.1, 0.15) is 12.3 Å². The van der Waals surface area contributed by atoms with Crippen LogP contribution in [0.1, 0.15) is 0 Å². The molecule has 0 aliphatic carbocycles. The molecule has 0 heterocycles. The van der Waals surface area contributed by atoms with Gasteiger partial charge in [0, 0.05) is 0 Å². The van der Waals surface area contributed by atoms with Gasteiger partial charge in [-0.15, -0.1) is 0 Å². The topological polar surface area (TPSA) is 86.2 Å². The standard InChI is InChI=1S/C4H8N2O2/c5-1-4(8)3(6)2-7/h2-3H,1,5-6H2. The molecule has 0 radical (unpaired) electrons. The lowest BCUT2D eigenvalue weighted by atomic mass is 10.2. The highest BCUT2D eigenvalue weighted by atomic mass is 16.1. The Bertz CT molecular complexity index is 102. The van der Waals surface area contributed by atoms with Crippen LogP contribution in [0.5, 0.6) is 0 Å². The van der Waals surface area contributed by atoms with E-state index < -0.39 is 11.8 Å². The van der Waals surface area contributed by atoms with Crippen LogP contribution < -0.4 is 11.5 Å². The van der Waals surface area contributed by atoms with Crippen LogP contribution >= 0.6 is 0 Å². The summed E-state index contributed by atoms with van der Waals surface area (Å²) < 4.78 is 0. The molecule has 1 unspecified atom stereocenters. The van der Waals surface area contributed by atoms with Crippen molar-refractivity contribution in [3.8, 4) is 0 Å². The molecule has 0 spiro atoms. The summed E-state index contributed by atoms with van der Waals surface area (Å²) in [6.07, 6.45) is 0.370. The normalized spacial score (nSPS) is 12.8. The highest BCUT2D eigenvalue weighted by molar-refractivity contribution is 5.98. The molecule has 4 N–H and O–H groups in total. The smallest absolute Gasteiger partial charge is 0.170 e. The molecular weight excluding hydrogens is 108 g/mol.